The van der Waals surface area contributed by atoms with E-state index in [1.165, 1.54) is 0 Å². The molecule has 4 nitrogen and oxygen atoms in total. The molecule has 0 saturated heterocycles. The van der Waals surface area contributed by atoms with Crippen LogP contribution in [0.15, 0.2) is 0 Å². The van der Waals surface area contributed by atoms with E-state index in [2.05, 4.69) is 21.4 Å². The molecule has 0 aromatic carbocycles. The molecule has 0 atom stereocenters. The molecule has 0 aliphatic rings. The lowest BCUT2D eigenvalue weighted by molar-refractivity contribution is -0.298. The molecule has 0 aliphatic carbocycles. The molecule has 0 aromatic heterocycles. The summed E-state index contributed by atoms with van der Waals surface area (Å²) in [5.74, 6) is -6.85. The Kier molecular flexibility index (Phi) is 4.05. The van der Waals surface area contributed by atoms with Crippen LogP contribution in [0.2, 0.25) is 0 Å². The predicted octanol–water partition coefficient (Wildman–Crippen LogP) is 1.94. The van der Waals surface area contributed by atoms with Crippen molar-refractivity contribution in [3.63, 3.8) is 0 Å². The van der Waals surface area contributed by atoms with E-state index in [-0.39, 0.29) is 0 Å². The fourth-order valence-electron chi connectivity index (χ4n) is 0.594. The maximum Gasteiger partial charge on any atom is 0.459 e. The van der Waals surface area contributed by atoms with E-state index in [0.29, 0.717) is 0 Å². The molecule has 0 aliphatic heterocycles. The molecule has 0 amide bonds. The molecule has 17 heavy (non-hydrogen) atoms. The smallest absolute Gasteiger partial charge is 0.207 e. The molecule has 0 radical (unpaired) electrons. The van der Waals surface area contributed by atoms with Crippen LogP contribution in [-0.4, -0.2) is 33.3 Å². The summed E-state index contributed by atoms with van der Waals surface area (Å²) < 4.78 is 109. The van der Waals surface area contributed by atoms with Gasteiger partial charge in [-0.2, -0.15) is 26.3 Å². The maximum atomic E-state index is 13.2. The normalized spacial score (nSPS) is 16.0. The van der Waals surface area contributed by atoms with Crippen LogP contribution in [0.4, 0.5) is 26.3 Å². The van der Waals surface area contributed by atoms with E-state index in [1.54, 1.807) is 0 Å². The van der Waals surface area contributed by atoms with Gasteiger partial charge in [0.15, 0.2) is 0 Å². The Morgan fingerprint density at radius 3 is 1.00 bits per heavy atom. The van der Waals surface area contributed by atoms with Crippen LogP contribution in [0.5, 0.6) is 0 Å². The van der Waals surface area contributed by atoms with Crippen molar-refractivity contribution in [1.82, 2.24) is 0 Å². The molecule has 0 heterocycles. The highest BCUT2D eigenvalue weighted by atomic mass is 35.7. The Bertz CT molecular complexity index is 474. The fraction of sp³-hybridized carbons (Fsp3) is 1.00. The first-order valence-corrected chi connectivity index (χ1v) is 7.64. The highest BCUT2D eigenvalue weighted by Crippen LogP contribution is 2.53. The van der Waals surface area contributed by atoms with Crippen molar-refractivity contribution < 1.29 is 43.2 Å². The van der Waals surface area contributed by atoms with Crippen molar-refractivity contribution in [2.45, 2.75) is 16.4 Å². The summed E-state index contributed by atoms with van der Waals surface area (Å²) >= 11 is 0. The van der Waals surface area contributed by atoms with Crippen LogP contribution in [0.1, 0.15) is 0 Å². The van der Waals surface area contributed by atoms with Crippen molar-refractivity contribution in [3.8, 4) is 0 Å². The van der Waals surface area contributed by atoms with Crippen molar-refractivity contribution in [2.24, 2.45) is 0 Å². The SMILES string of the molecule is O=S(=O)(Cl)C(F)(C(F)(F)C(F)(F)F)S(=O)(=O)Cl. The monoisotopic (exact) mass is 348 g/mol. The van der Waals surface area contributed by atoms with Gasteiger partial charge < -0.3 is 0 Å². The number of hydrogen-bond donors (Lipinski definition) is 0. The van der Waals surface area contributed by atoms with Gasteiger partial charge in [0.25, 0.3) is 18.1 Å². The van der Waals surface area contributed by atoms with Crippen molar-refractivity contribution in [3.05, 3.63) is 0 Å². The van der Waals surface area contributed by atoms with Crippen molar-refractivity contribution in [2.75, 3.05) is 0 Å². The molecule has 0 N–H and O–H groups in total. The third-order valence-corrected chi connectivity index (χ3v) is 6.27. The molecular weight excluding hydrogens is 349 g/mol. The van der Waals surface area contributed by atoms with Gasteiger partial charge in [-0.15, -0.1) is 0 Å². The molecule has 0 spiro atoms. The summed E-state index contributed by atoms with van der Waals surface area (Å²) in [6.45, 7) is 0. The number of alkyl halides is 6. The maximum absolute atomic E-state index is 13.2. The first kappa shape index (κ1) is 17.1. The third-order valence-electron chi connectivity index (χ3n) is 1.36. The summed E-state index contributed by atoms with van der Waals surface area (Å²) in [4.78, 5) is 0. The number of rotatable bonds is 3. The standard InChI is InChI=1S/C3Cl2F6O4S2/c4-16(12,13)3(11,17(5,14)15)1(6,7)2(8,9)10. The minimum atomic E-state index is -6.85. The van der Waals surface area contributed by atoms with E-state index >= 15 is 0 Å². The molecule has 0 bridgehead atoms. The number of halogens is 8. The van der Waals surface area contributed by atoms with Gasteiger partial charge in [0.05, 0.1) is 0 Å². The molecule has 0 unspecified atom stereocenters. The van der Waals surface area contributed by atoms with Crippen LogP contribution in [0.25, 0.3) is 0 Å². The van der Waals surface area contributed by atoms with E-state index in [0.717, 1.165) is 0 Å². The molecule has 0 fully saturated rings. The largest absolute Gasteiger partial charge is 0.459 e. The lowest BCUT2D eigenvalue weighted by Crippen LogP contribution is -2.60. The summed E-state index contributed by atoms with van der Waals surface area (Å²) in [5.41, 5.74) is 0. The molecule has 0 aromatic rings. The Hall–Kier alpha value is 0.0600. The van der Waals surface area contributed by atoms with E-state index in [4.69, 9.17) is 0 Å². The second-order valence-electron chi connectivity index (χ2n) is 2.48. The topological polar surface area (TPSA) is 68.3 Å². The Balaban J connectivity index is 6.46. The quantitative estimate of drug-likeness (QED) is 0.577. The van der Waals surface area contributed by atoms with E-state index < -0.39 is 34.5 Å². The van der Waals surface area contributed by atoms with Gasteiger partial charge in [-0.1, -0.05) is 0 Å². The highest BCUT2D eigenvalue weighted by molar-refractivity contribution is 8.29. The highest BCUT2D eigenvalue weighted by Gasteiger charge is 2.83. The average Bonchev–Trinajstić information content (AvgIpc) is 1.95. The third kappa shape index (κ3) is 2.44. The van der Waals surface area contributed by atoms with Crippen molar-refractivity contribution >= 4 is 39.5 Å². The van der Waals surface area contributed by atoms with Gasteiger partial charge in [-0.05, 0) is 0 Å². The van der Waals surface area contributed by atoms with Crippen molar-refractivity contribution in [1.29, 1.82) is 0 Å². The van der Waals surface area contributed by atoms with E-state index in [1.807, 2.05) is 0 Å². The number of hydrogen-bond acceptors (Lipinski definition) is 4. The lowest BCUT2D eigenvalue weighted by atomic mass is 10.3. The van der Waals surface area contributed by atoms with Gasteiger partial charge in [-0.3, -0.25) is 0 Å². The first-order chi connectivity index (χ1) is 7.00. The van der Waals surface area contributed by atoms with Gasteiger partial charge in [-0.25, -0.2) is 16.8 Å². The summed E-state index contributed by atoms with van der Waals surface area (Å²) in [6, 6.07) is 0. The van der Waals surface area contributed by atoms with Gasteiger partial charge >= 0.3 is 16.4 Å². The zero-order valence-electron chi connectivity index (χ0n) is 6.97. The minimum Gasteiger partial charge on any atom is -0.207 e. The van der Waals surface area contributed by atoms with Gasteiger partial charge in [0.2, 0.25) is 0 Å². The Morgan fingerprint density at radius 1 is 0.706 bits per heavy atom. The fourth-order valence-corrected chi connectivity index (χ4v) is 4.75. The van der Waals surface area contributed by atoms with E-state index in [9.17, 15) is 43.2 Å². The van der Waals surface area contributed by atoms with Crippen LogP contribution in [0, 0.1) is 0 Å². The van der Waals surface area contributed by atoms with Crippen LogP contribution >= 0.6 is 21.4 Å². The summed E-state index contributed by atoms with van der Waals surface area (Å²) in [7, 11) is -5.16. The van der Waals surface area contributed by atoms with Crippen LogP contribution in [0.3, 0.4) is 0 Å². The first-order valence-electron chi connectivity index (χ1n) is 3.02. The Morgan fingerprint density at radius 2 is 0.941 bits per heavy atom. The lowest BCUT2D eigenvalue weighted by Gasteiger charge is -2.29. The zero-order chi connectivity index (χ0) is 14.5. The molecule has 0 saturated carbocycles. The molecule has 104 valence electrons. The second-order valence-corrected chi connectivity index (χ2v) is 8.06. The average molecular weight is 349 g/mol. The molecule has 14 heteroatoms. The van der Waals surface area contributed by atoms with Gasteiger partial charge in [0.1, 0.15) is 0 Å². The molecular formula is C3Cl2F6O4S2. The summed E-state index contributed by atoms with van der Waals surface area (Å²) in [6.07, 6.45) is -6.84. The van der Waals surface area contributed by atoms with Crippen LogP contribution < -0.4 is 0 Å². The predicted molar refractivity (Wildman–Crippen MR) is 44.4 cm³/mol. The second kappa shape index (κ2) is 4.03. The molecule has 0 rings (SSSR count). The van der Waals surface area contributed by atoms with Gasteiger partial charge in [0, 0.05) is 21.4 Å². The Labute approximate surface area is 99.3 Å². The minimum absolute atomic E-state index is 3.97. The zero-order valence-corrected chi connectivity index (χ0v) is 10.1. The summed E-state index contributed by atoms with van der Waals surface area (Å²) in [5, 5.41) is 0. The van der Waals surface area contributed by atoms with Crippen LogP contribution in [-0.2, 0) is 18.1 Å².